The first-order valence-corrected chi connectivity index (χ1v) is 6.08. The number of hydrogen-bond donors (Lipinski definition) is 1. The molecule has 1 N–H and O–H groups in total. The molecule has 0 fully saturated rings. The maximum absolute atomic E-state index is 13.7. The van der Waals surface area contributed by atoms with Crippen LogP contribution in [0.2, 0.25) is 0 Å². The summed E-state index contributed by atoms with van der Waals surface area (Å²) in [6.45, 7) is 5.81. The second-order valence-corrected chi connectivity index (χ2v) is 4.71. The molecular weight excluding hydrogens is 248 g/mol. The lowest BCUT2D eigenvalue weighted by atomic mass is 10.1. The second kappa shape index (κ2) is 4.99. The van der Waals surface area contributed by atoms with Crippen LogP contribution in [-0.4, -0.2) is 9.78 Å². The molecule has 0 spiro atoms. The molecule has 0 saturated carbocycles. The Kier molecular flexibility index (Phi) is 3.55. The Hall–Kier alpha value is -1.91. The zero-order valence-electron chi connectivity index (χ0n) is 11.5. The summed E-state index contributed by atoms with van der Waals surface area (Å²) in [6, 6.07) is 2.38. The lowest BCUT2D eigenvalue weighted by molar-refractivity contribution is 0.594. The zero-order chi connectivity index (χ0) is 14.2. The van der Waals surface area contributed by atoms with E-state index in [0.717, 1.165) is 17.0 Å². The number of anilines is 1. The third-order valence-electron chi connectivity index (χ3n) is 3.36. The quantitative estimate of drug-likeness (QED) is 0.923. The van der Waals surface area contributed by atoms with Gasteiger partial charge in [-0.15, -0.1) is 0 Å². The van der Waals surface area contributed by atoms with Crippen molar-refractivity contribution in [2.24, 2.45) is 7.05 Å². The van der Waals surface area contributed by atoms with Gasteiger partial charge in [-0.3, -0.25) is 4.68 Å². The summed E-state index contributed by atoms with van der Waals surface area (Å²) in [4.78, 5) is 0. The van der Waals surface area contributed by atoms with Crippen molar-refractivity contribution in [2.75, 3.05) is 5.32 Å². The summed E-state index contributed by atoms with van der Waals surface area (Å²) in [7, 11) is 1.86. The average Bonchev–Trinajstić information content (AvgIpc) is 2.57. The Labute approximate surface area is 111 Å². The zero-order valence-corrected chi connectivity index (χ0v) is 11.5. The maximum Gasteiger partial charge on any atom is 0.146 e. The molecule has 1 aromatic heterocycles. The molecule has 0 amide bonds. The average molecular weight is 265 g/mol. The van der Waals surface area contributed by atoms with Gasteiger partial charge < -0.3 is 5.32 Å². The van der Waals surface area contributed by atoms with Crippen molar-refractivity contribution in [1.82, 2.24) is 9.78 Å². The minimum atomic E-state index is -0.446. The number of benzene rings is 1. The molecular formula is C14H17F2N3. The molecule has 19 heavy (non-hydrogen) atoms. The van der Waals surface area contributed by atoms with E-state index in [1.54, 1.807) is 4.68 Å². The van der Waals surface area contributed by atoms with Crippen LogP contribution in [0.3, 0.4) is 0 Å². The Bertz CT molecular complexity index is 618. The van der Waals surface area contributed by atoms with E-state index in [0.29, 0.717) is 12.1 Å². The summed E-state index contributed by atoms with van der Waals surface area (Å²) in [5.74, 6) is -0.860. The van der Waals surface area contributed by atoms with Crippen molar-refractivity contribution in [3.05, 3.63) is 46.3 Å². The Morgan fingerprint density at radius 2 is 1.84 bits per heavy atom. The van der Waals surface area contributed by atoms with E-state index in [9.17, 15) is 8.78 Å². The van der Waals surface area contributed by atoms with Crippen LogP contribution in [0, 0.1) is 32.4 Å². The van der Waals surface area contributed by atoms with Gasteiger partial charge in [0.25, 0.3) is 0 Å². The summed E-state index contributed by atoms with van der Waals surface area (Å²) in [5.41, 5.74) is 3.38. The number of nitrogens with zero attached hydrogens (tertiary/aromatic N) is 2. The Morgan fingerprint density at radius 1 is 1.16 bits per heavy atom. The second-order valence-electron chi connectivity index (χ2n) is 4.71. The van der Waals surface area contributed by atoms with E-state index < -0.39 is 11.6 Å². The first-order chi connectivity index (χ1) is 8.90. The van der Waals surface area contributed by atoms with Gasteiger partial charge in [0.05, 0.1) is 11.4 Å². The van der Waals surface area contributed by atoms with Crippen LogP contribution in [0.4, 0.5) is 14.5 Å². The normalized spacial score (nSPS) is 10.8. The molecule has 0 aliphatic rings. The van der Waals surface area contributed by atoms with Crippen LogP contribution in [0.1, 0.15) is 22.5 Å². The van der Waals surface area contributed by atoms with Crippen LogP contribution >= 0.6 is 0 Å². The van der Waals surface area contributed by atoms with E-state index in [-0.39, 0.29) is 5.69 Å². The largest absolute Gasteiger partial charge is 0.378 e. The van der Waals surface area contributed by atoms with Gasteiger partial charge in [-0.25, -0.2) is 8.78 Å². The van der Waals surface area contributed by atoms with E-state index in [4.69, 9.17) is 0 Å². The van der Waals surface area contributed by atoms with Crippen LogP contribution in [0.5, 0.6) is 0 Å². The summed E-state index contributed by atoms with van der Waals surface area (Å²) in [6.07, 6.45) is 0. The van der Waals surface area contributed by atoms with Crippen LogP contribution in [0.25, 0.3) is 0 Å². The molecule has 1 aromatic carbocycles. The third-order valence-corrected chi connectivity index (χ3v) is 3.36. The highest BCUT2D eigenvalue weighted by Crippen LogP contribution is 2.21. The van der Waals surface area contributed by atoms with Crippen LogP contribution in [-0.2, 0) is 13.6 Å². The molecule has 102 valence electrons. The molecule has 0 aliphatic carbocycles. The van der Waals surface area contributed by atoms with E-state index in [1.165, 1.54) is 19.1 Å². The van der Waals surface area contributed by atoms with Crippen molar-refractivity contribution in [2.45, 2.75) is 27.3 Å². The number of nitrogens with one attached hydrogen (secondary N) is 1. The van der Waals surface area contributed by atoms with Crippen molar-refractivity contribution in [3.63, 3.8) is 0 Å². The number of aryl methyl sites for hydroxylation is 3. The molecule has 2 aromatic rings. The van der Waals surface area contributed by atoms with Gasteiger partial charge in [0.1, 0.15) is 11.6 Å². The van der Waals surface area contributed by atoms with Gasteiger partial charge in [-0.05, 0) is 32.4 Å². The Morgan fingerprint density at radius 3 is 2.42 bits per heavy atom. The molecule has 1 heterocycles. The van der Waals surface area contributed by atoms with Gasteiger partial charge in [0.2, 0.25) is 0 Å². The molecule has 3 nitrogen and oxygen atoms in total. The summed E-state index contributed by atoms with van der Waals surface area (Å²) < 4.78 is 28.9. The molecule has 0 bridgehead atoms. The van der Waals surface area contributed by atoms with Gasteiger partial charge >= 0.3 is 0 Å². The minimum absolute atomic E-state index is 0.172. The van der Waals surface area contributed by atoms with E-state index in [1.807, 2.05) is 20.9 Å². The maximum atomic E-state index is 13.7. The smallest absolute Gasteiger partial charge is 0.146 e. The van der Waals surface area contributed by atoms with Crippen molar-refractivity contribution in [3.8, 4) is 0 Å². The number of hydrogen-bond acceptors (Lipinski definition) is 2. The van der Waals surface area contributed by atoms with Gasteiger partial charge in [-0.2, -0.15) is 5.10 Å². The molecule has 0 atom stereocenters. The van der Waals surface area contributed by atoms with Gasteiger partial charge in [0.15, 0.2) is 0 Å². The van der Waals surface area contributed by atoms with Crippen LogP contribution in [0.15, 0.2) is 12.1 Å². The van der Waals surface area contributed by atoms with Crippen molar-refractivity contribution < 1.29 is 8.78 Å². The van der Waals surface area contributed by atoms with E-state index in [2.05, 4.69) is 10.4 Å². The topological polar surface area (TPSA) is 29.9 Å². The molecule has 5 heteroatoms. The SMILES string of the molecule is Cc1cc(F)c(NCc2c(C)nn(C)c2C)cc1F. The fourth-order valence-corrected chi connectivity index (χ4v) is 2.04. The first kappa shape index (κ1) is 13.5. The minimum Gasteiger partial charge on any atom is -0.378 e. The van der Waals surface area contributed by atoms with Crippen molar-refractivity contribution in [1.29, 1.82) is 0 Å². The predicted molar refractivity (Wildman–Crippen MR) is 71.1 cm³/mol. The Balaban J connectivity index is 2.21. The third kappa shape index (κ3) is 2.59. The number of aromatic nitrogens is 2. The monoisotopic (exact) mass is 265 g/mol. The summed E-state index contributed by atoms with van der Waals surface area (Å²) in [5, 5.41) is 7.21. The molecule has 0 radical (unpaired) electrons. The molecule has 0 saturated heterocycles. The molecule has 0 aliphatic heterocycles. The lowest BCUT2D eigenvalue weighted by Crippen LogP contribution is -2.05. The highest BCUT2D eigenvalue weighted by molar-refractivity contribution is 5.47. The fourth-order valence-electron chi connectivity index (χ4n) is 2.04. The lowest BCUT2D eigenvalue weighted by Gasteiger charge is -2.09. The number of halogens is 2. The van der Waals surface area contributed by atoms with E-state index >= 15 is 0 Å². The van der Waals surface area contributed by atoms with Crippen LogP contribution < -0.4 is 5.32 Å². The summed E-state index contributed by atoms with van der Waals surface area (Å²) >= 11 is 0. The first-order valence-electron chi connectivity index (χ1n) is 6.08. The predicted octanol–water partition coefficient (Wildman–Crippen LogP) is 3.24. The molecule has 2 rings (SSSR count). The molecule has 0 unspecified atom stereocenters. The van der Waals surface area contributed by atoms with Gasteiger partial charge in [0, 0.05) is 30.9 Å². The highest BCUT2D eigenvalue weighted by atomic mass is 19.1. The number of rotatable bonds is 3. The highest BCUT2D eigenvalue weighted by Gasteiger charge is 2.11. The van der Waals surface area contributed by atoms with Gasteiger partial charge in [-0.1, -0.05) is 0 Å². The standard InChI is InChI=1S/C14H17F2N3/c1-8-5-13(16)14(6-12(8)15)17-7-11-9(2)18-19(4)10(11)3/h5-6,17H,7H2,1-4H3. The fraction of sp³-hybridized carbons (Fsp3) is 0.357. The van der Waals surface area contributed by atoms with Crippen molar-refractivity contribution >= 4 is 5.69 Å².